The quantitative estimate of drug-likeness (QED) is 0.219. The summed E-state index contributed by atoms with van der Waals surface area (Å²) in [4.78, 5) is 15.6. The van der Waals surface area contributed by atoms with Gasteiger partial charge in [-0.15, -0.1) is 4.91 Å². The monoisotopic (exact) mass is 412 g/mol. The molecule has 0 fully saturated rings. The van der Waals surface area contributed by atoms with E-state index in [4.69, 9.17) is 4.74 Å². The molecule has 0 radical (unpaired) electrons. The summed E-state index contributed by atoms with van der Waals surface area (Å²) in [7, 11) is 0. The minimum Gasteiger partial charge on any atom is -0.508 e. The molecule has 0 saturated carbocycles. The molecule has 4 aromatic rings. The van der Waals surface area contributed by atoms with Gasteiger partial charge in [-0.05, 0) is 59.7 Å². The van der Waals surface area contributed by atoms with E-state index in [0.29, 0.717) is 17.3 Å². The van der Waals surface area contributed by atoms with Gasteiger partial charge in [-0.3, -0.25) is 0 Å². The number of anilines is 3. The van der Waals surface area contributed by atoms with Crippen LogP contribution in [-0.4, -0.2) is 16.8 Å². The van der Waals surface area contributed by atoms with Crippen molar-refractivity contribution in [1.82, 2.24) is 4.98 Å². The molecule has 0 saturated heterocycles. The normalized spacial score (nSPS) is 10.3. The Bertz CT molecular complexity index is 1150. The first-order valence-electron chi connectivity index (χ1n) is 9.62. The molecule has 3 aromatic carbocycles. The third kappa shape index (κ3) is 5.16. The molecule has 0 atom stereocenters. The van der Waals surface area contributed by atoms with Crippen molar-refractivity contribution < 1.29 is 9.84 Å². The van der Waals surface area contributed by atoms with Crippen LogP contribution in [-0.2, 0) is 0 Å². The lowest BCUT2D eigenvalue weighted by Gasteiger charge is -2.16. The van der Waals surface area contributed by atoms with Crippen LogP contribution in [0.15, 0.2) is 102 Å². The van der Waals surface area contributed by atoms with Gasteiger partial charge in [0, 0.05) is 18.0 Å². The summed E-state index contributed by atoms with van der Waals surface area (Å²) in [6, 6.07) is 27.3. The van der Waals surface area contributed by atoms with Crippen molar-refractivity contribution in [2.75, 3.05) is 17.1 Å². The van der Waals surface area contributed by atoms with Gasteiger partial charge in [0.1, 0.15) is 17.3 Å². The Hall–Kier alpha value is -4.39. The zero-order chi connectivity index (χ0) is 21.5. The number of phenols is 1. The van der Waals surface area contributed by atoms with E-state index < -0.39 is 0 Å². The van der Waals surface area contributed by atoms with Crippen molar-refractivity contribution in [3.63, 3.8) is 0 Å². The third-order valence-corrected chi connectivity index (χ3v) is 4.57. The molecule has 7 nitrogen and oxygen atoms in total. The fourth-order valence-corrected chi connectivity index (χ4v) is 3.03. The number of para-hydroxylation sites is 1. The van der Waals surface area contributed by atoms with Crippen LogP contribution >= 0.6 is 0 Å². The van der Waals surface area contributed by atoms with Crippen LogP contribution in [0.4, 0.5) is 17.2 Å². The third-order valence-electron chi connectivity index (χ3n) is 4.57. The van der Waals surface area contributed by atoms with Gasteiger partial charge >= 0.3 is 0 Å². The van der Waals surface area contributed by atoms with Crippen molar-refractivity contribution in [1.29, 1.82) is 0 Å². The predicted molar refractivity (Wildman–Crippen MR) is 121 cm³/mol. The number of nitrogens with one attached hydrogen (secondary N) is 1. The van der Waals surface area contributed by atoms with E-state index in [2.05, 4.69) is 15.6 Å². The van der Waals surface area contributed by atoms with E-state index in [1.165, 1.54) is 5.01 Å². The topological polar surface area (TPSA) is 87.1 Å². The summed E-state index contributed by atoms with van der Waals surface area (Å²) < 4.78 is 5.61. The highest BCUT2D eigenvalue weighted by Gasteiger charge is 2.09. The smallest absolute Gasteiger partial charge is 0.184 e. The number of ether oxygens (including phenoxy) is 1. The molecular formula is C24H20N4O3. The average Bonchev–Trinajstić information content (AvgIpc) is 2.81. The standard InChI is InChI=1S/C24H20N4O3/c29-22-6-4-5-20(16-22)26-24-15-19(13-14-25-24)18-9-11-21(12-10-18)28(27-30)17-31-23-7-2-1-3-8-23/h1-16,29H,17H2,(H,25,26). The molecule has 1 heterocycles. The lowest BCUT2D eigenvalue weighted by atomic mass is 10.1. The first-order valence-corrected chi connectivity index (χ1v) is 9.62. The minimum absolute atomic E-state index is 0.0140. The fourth-order valence-electron chi connectivity index (χ4n) is 3.03. The Labute approximate surface area is 179 Å². The van der Waals surface area contributed by atoms with Crippen LogP contribution in [0.2, 0.25) is 0 Å². The van der Waals surface area contributed by atoms with Gasteiger partial charge in [-0.25, -0.2) is 4.98 Å². The average molecular weight is 412 g/mol. The van der Waals surface area contributed by atoms with Crippen molar-refractivity contribution in [3.05, 3.63) is 102 Å². The van der Waals surface area contributed by atoms with Gasteiger partial charge < -0.3 is 15.2 Å². The summed E-state index contributed by atoms with van der Waals surface area (Å²) in [5.41, 5.74) is 3.28. The van der Waals surface area contributed by atoms with Crippen LogP contribution in [0.25, 0.3) is 11.1 Å². The molecule has 154 valence electrons. The summed E-state index contributed by atoms with van der Waals surface area (Å²) in [6.45, 7) is 0.0140. The highest BCUT2D eigenvalue weighted by molar-refractivity contribution is 5.70. The molecule has 2 N–H and O–H groups in total. The SMILES string of the molecule is O=NN(COc1ccccc1)c1ccc(-c2ccnc(Nc3cccc(O)c3)c2)cc1. The molecule has 0 aliphatic carbocycles. The van der Waals surface area contributed by atoms with E-state index in [9.17, 15) is 10.0 Å². The highest BCUT2D eigenvalue weighted by atomic mass is 16.5. The molecule has 0 spiro atoms. The van der Waals surface area contributed by atoms with Crippen LogP contribution in [0.5, 0.6) is 11.5 Å². The summed E-state index contributed by atoms with van der Waals surface area (Å²) in [5.74, 6) is 1.50. The van der Waals surface area contributed by atoms with E-state index in [-0.39, 0.29) is 12.5 Å². The van der Waals surface area contributed by atoms with Gasteiger partial charge in [0.05, 0.1) is 11.0 Å². The van der Waals surface area contributed by atoms with Gasteiger partial charge in [0.15, 0.2) is 6.73 Å². The molecule has 31 heavy (non-hydrogen) atoms. The summed E-state index contributed by atoms with van der Waals surface area (Å²) in [5, 5.41) is 17.1. The van der Waals surface area contributed by atoms with Gasteiger partial charge in [-0.1, -0.05) is 36.4 Å². The zero-order valence-corrected chi connectivity index (χ0v) is 16.6. The fraction of sp³-hybridized carbons (Fsp3) is 0.0417. The molecule has 1 aromatic heterocycles. The maximum absolute atomic E-state index is 11.3. The second-order valence-corrected chi connectivity index (χ2v) is 6.72. The first kappa shape index (κ1) is 19.9. The Morgan fingerprint density at radius 2 is 1.71 bits per heavy atom. The van der Waals surface area contributed by atoms with Crippen LogP contribution in [0.1, 0.15) is 0 Å². The lowest BCUT2D eigenvalue weighted by Crippen LogP contribution is -2.21. The van der Waals surface area contributed by atoms with Gasteiger partial charge in [0.2, 0.25) is 0 Å². The highest BCUT2D eigenvalue weighted by Crippen LogP contribution is 2.26. The lowest BCUT2D eigenvalue weighted by molar-refractivity contribution is 0.314. The molecular weight excluding hydrogens is 392 g/mol. The van der Waals surface area contributed by atoms with Crippen molar-refractivity contribution in [3.8, 4) is 22.6 Å². The van der Waals surface area contributed by atoms with E-state index in [0.717, 1.165) is 16.8 Å². The first-order chi connectivity index (χ1) is 15.2. The molecule has 0 aliphatic heterocycles. The van der Waals surface area contributed by atoms with Gasteiger partial charge in [0.25, 0.3) is 0 Å². The van der Waals surface area contributed by atoms with E-state index in [1.807, 2.05) is 72.8 Å². The summed E-state index contributed by atoms with van der Waals surface area (Å²) >= 11 is 0. The molecule has 0 amide bonds. The van der Waals surface area contributed by atoms with Crippen molar-refractivity contribution in [2.24, 2.45) is 5.29 Å². The number of nitroso groups, excluding NO2 is 1. The Kier molecular flexibility index (Phi) is 6.04. The van der Waals surface area contributed by atoms with Gasteiger partial charge in [-0.2, -0.15) is 5.01 Å². The molecule has 0 aliphatic rings. The maximum Gasteiger partial charge on any atom is 0.184 e. The van der Waals surface area contributed by atoms with E-state index in [1.54, 1.807) is 24.4 Å². The number of pyridine rings is 1. The largest absolute Gasteiger partial charge is 0.508 e. The van der Waals surface area contributed by atoms with Crippen molar-refractivity contribution >= 4 is 17.2 Å². The number of hydrogen-bond acceptors (Lipinski definition) is 6. The number of rotatable bonds is 8. The molecule has 0 bridgehead atoms. The van der Waals surface area contributed by atoms with Crippen LogP contribution < -0.4 is 15.1 Å². The molecule has 7 heteroatoms. The Morgan fingerprint density at radius 1 is 0.903 bits per heavy atom. The second-order valence-electron chi connectivity index (χ2n) is 6.72. The number of aromatic nitrogens is 1. The molecule has 4 rings (SSSR count). The predicted octanol–water partition coefficient (Wildman–Crippen LogP) is 5.72. The zero-order valence-electron chi connectivity index (χ0n) is 16.6. The Morgan fingerprint density at radius 3 is 2.45 bits per heavy atom. The second kappa shape index (κ2) is 9.41. The van der Waals surface area contributed by atoms with E-state index >= 15 is 0 Å². The van der Waals surface area contributed by atoms with Crippen LogP contribution in [0.3, 0.4) is 0 Å². The minimum atomic E-state index is 0.0140. The van der Waals surface area contributed by atoms with Crippen LogP contribution in [0, 0.1) is 4.91 Å². The summed E-state index contributed by atoms with van der Waals surface area (Å²) in [6.07, 6.45) is 1.71. The number of hydrogen-bond donors (Lipinski definition) is 2. The number of phenolic OH excluding ortho intramolecular Hbond substituents is 1. The van der Waals surface area contributed by atoms with Crippen molar-refractivity contribution in [2.45, 2.75) is 0 Å². The molecule has 0 unspecified atom stereocenters. The maximum atomic E-state index is 11.3. The Balaban J connectivity index is 1.46. The number of benzene rings is 3. The number of aromatic hydroxyl groups is 1. The number of nitrogens with zero attached hydrogens (tertiary/aromatic N) is 3.